The molecule has 0 bridgehead atoms. The van der Waals surface area contributed by atoms with E-state index in [1.165, 1.54) is 37.3 Å². The summed E-state index contributed by atoms with van der Waals surface area (Å²) in [5.41, 5.74) is 0.0532. The van der Waals surface area contributed by atoms with E-state index < -0.39 is 45.1 Å². The molecule has 3 rings (SSSR count). The molecular weight excluding hydrogens is 524 g/mol. The molecule has 35 heavy (non-hydrogen) atoms. The van der Waals surface area contributed by atoms with Gasteiger partial charge in [-0.2, -0.15) is 5.26 Å². The Hall–Kier alpha value is -3.37. The summed E-state index contributed by atoms with van der Waals surface area (Å²) in [5, 5.41) is 11.6. The highest BCUT2D eigenvalue weighted by Crippen LogP contribution is 2.36. The zero-order chi connectivity index (χ0) is 26.1. The van der Waals surface area contributed by atoms with Gasteiger partial charge in [-0.1, -0.05) is 29.3 Å². The van der Waals surface area contributed by atoms with Gasteiger partial charge in [-0.15, -0.1) is 0 Å². The Kier molecular flexibility index (Phi) is 7.56. The van der Waals surface area contributed by atoms with Crippen LogP contribution >= 0.6 is 23.2 Å². The summed E-state index contributed by atoms with van der Waals surface area (Å²) in [6.07, 6.45) is 0.276. The van der Waals surface area contributed by atoms with Crippen LogP contribution in [0, 0.1) is 17.1 Å². The number of halogens is 3. The zero-order valence-electron chi connectivity index (χ0n) is 18.2. The lowest BCUT2D eigenvalue weighted by Gasteiger charge is -2.25. The molecule has 1 heterocycles. The van der Waals surface area contributed by atoms with E-state index in [4.69, 9.17) is 39.0 Å². The predicted molar refractivity (Wildman–Crippen MR) is 125 cm³/mol. The predicted octanol–water partition coefficient (Wildman–Crippen LogP) is 2.32. The number of allylic oxidation sites excluding steroid dienone is 1. The number of carbonyl (C=O) groups excluding carboxylic acids is 2. The Morgan fingerprint density at radius 1 is 1.31 bits per heavy atom. The molecule has 4 N–H and O–H groups in total. The summed E-state index contributed by atoms with van der Waals surface area (Å²) in [6, 6.07) is 8.49. The molecule has 1 unspecified atom stereocenters. The normalized spacial score (nSPS) is 15.5. The summed E-state index contributed by atoms with van der Waals surface area (Å²) in [6.45, 7) is 1.35. The number of hydrazine groups is 1. The van der Waals surface area contributed by atoms with E-state index in [0.29, 0.717) is 0 Å². The van der Waals surface area contributed by atoms with Gasteiger partial charge in [0, 0.05) is 22.5 Å². The van der Waals surface area contributed by atoms with E-state index in [2.05, 4.69) is 5.32 Å². The van der Waals surface area contributed by atoms with Crippen LogP contribution in [0.5, 0.6) is 11.5 Å². The number of nitriles is 1. The van der Waals surface area contributed by atoms with Gasteiger partial charge in [0.25, 0.3) is 5.91 Å². The van der Waals surface area contributed by atoms with Crippen LogP contribution in [0.4, 0.5) is 4.39 Å². The highest BCUT2D eigenvalue weighted by molar-refractivity contribution is 7.91. The van der Waals surface area contributed by atoms with Crippen molar-refractivity contribution in [3.05, 3.63) is 68.7 Å². The second kappa shape index (κ2) is 10.1. The first-order valence-electron chi connectivity index (χ1n) is 9.72. The number of hydrogen-bond acceptors (Lipinski definition) is 8. The van der Waals surface area contributed by atoms with Gasteiger partial charge in [-0.25, -0.2) is 18.7 Å². The van der Waals surface area contributed by atoms with Crippen LogP contribution < -0.4 is 21.3 Å². The minimum Gasteiger partial charge on any atom is -0.453 e. The van der Waals surface area contributed by atoms with Crippen LogP contribution in [0.15, 0.2) is 41.7 Å². The van der Waals surface area contributed by atoms with Crippen LogP contribution in [0.3, 0.4) is 0 Å². The Labute approximate surface area is 209 Å². The molecule has 0 saturated carbocycles. The quantitative estimate of drug-likeness (QED) is 0.286. The number of nitrogens with zero attached hydrogens (tertiary/aromatic N) is 2. The van der Waals surface area contributed by atoms with Gasteiger partial charge < -0.3 is 10.1 Å². The molecule has 0 spiro atoms. The summed E-state index contributed by atoms with van der Waals surface area (Å²) in [4.78, 5) is 25.9. The number of rotatable bonds is 6. The van der Waals surface area contributed by atoms with Gasteiger partial charge >= 0.3 is 0 Å². The number of carbonyl (C=O) groups is 2. The average Bonchev–Trinajstić information content (AvgIpc) is 3.15. The fourth-order valence-corrected chi connectivity index (χ4v) is 4.76. The number of nitrogens with two attached hydrogens (primary N) is 1. The molecule has 14 heteroatoms. The lowest BCUT2D eigenvalue weighted by molar-refractivity contribution is -0.129. The zero-order valence-corrected chi connectivity index (χ0v) is 20.6. The second-order valence-corrected chi connectivity index (χ2v) is 10.4. The highest BCUT2D eigenvalue weighted by Gasteiger charge is 2.41. The van der Waals surface area contributed by atoms with Gasteiger partial charge in [0.1, 0.15) is 11.4 Å². The van der Waals surface area contributed by atoms with Gasteiger partial charge in [0.2, 0.25) is 11.4 Å². The molecule has 2 aromatic rings. The molecule has 1 aliphatic rings. The van der Waals surface area contributed by atoms with Crippen molar-refractivity contribution in [1.82, 2.24) is 15.6 Å². The Bertz CT molecular complexity index is 1410. The third kappa shape index (κ3) is 5.49. The lowest BCUT2D eigenvalue weighted by atomic mass is 10.1. The van der Waals surface area contributed by atoms with Gasteiger partial charge in [-0.05, 0) is 31.2 Å². The number of benzene rings is 2. The molecule has 0 aliphatic carbocycles. The van der Waals surface area contributed by atoms with E-state index in [-0.39, 0.29) is 38.3 Å². The van der Waals surface area contributed by atoms with Crippen molar-refractivity contribution in [2.45, 2.75) is 18.8 Å². The molecule has 1 aliphatic heterocycles. The number of ether oxygens (including phenoxy) is 1. The fourth-order valence-electron chi connectivity index (χ4n) is 3.36. The minimum atomic E-state index is -3.92. The number of sulfone groups is 1. The van der Waals surface area contributed by atoms with Crippen LogP contribution in [-0.4, -0.2) is 36.9 Å². The number of hydrogen-bond donors (Lipinski definition) is 3. The fraction of sp³-hybridized carbons (Fsp3) is 0.190. The minimum absolute atomic E-state index is 0.0119. The molecule has 0 fully saturated rings. The van der Waals surface area contributed by atoms with Crippen LogP contribution in [0.25, 0.3) is 0 Å². The highest BCUT2D eigenvalue weighted by atomic mass is 35.5. The molecule has 1 atom stereocenters. The van der Waals surface area contributed by atoms with E-state index in [1.807, 2.05) is 11.5 Å². The molecule has 2 aromatic carbocycles. The van der Waals surface area contributed by atoms with Crippen molar-refractivity contribution < 1.29 is 27.1 Å². The van der Waals surface area contributed by atoms with Gasteiger partial charge in [-0.3, -0.25) is 19.9 Å². The topological polar surface area (TPSA) is 155 Å². The van der Waals surface area contributed by atoms with Gasteiger partial charge in [0.15, 0.2) is 21.4 Å². The van der Waals surface area contributed by atoms with E-state index in [0.717, 1.165) is 11.2 Å². The first-order valence-corrected chi connectivity index (χ1v) is 12.4. The first-order chi connectivity index (χ1) is 16.4. The van der Waals surface area contributed by atoms with Crippen LogP contribution in [0.1, 0.15) is 18.1 Å². The molecule has 0 aromatic heterocycles. The van der Waals surface area contributed by atoms with Gasteiger partial charge in [0.05, 0.1) is 23.1 Å². The second-order valence-electron chi connectivity index (χ2n) is 7.44. The first kappa shape index (κ1) is 26.2. The van der Waals surface area contributed by atoms with Crippen molar-refractivity contribution in [2.75, 3.05) is 6.26 Å². The molecule has 10 nitrogen and oxygen atoms in total. The third-order valence-electron chi connectivity index (χ3n) is 4.95. The standard InChI is InChI=1S/C21H18Cl2FN5O5S/c1-10-18(20(31)28-26)27-21(35(2,32)33)29(10)16(30)7-12-3-4-15(23)19(17(12)24)34-14-6-11(9-25)5-13(22)8-14/h3-6,8,21,27H,7,26H2,1-2H3,(H,28,31). The summed E-state index contributed by atoms with van der Waals surface area (Å²) < 4.78 is 45.4. The van der Waals surface area contributed by atoms with Crippen LogP contribution in [0.2, 0.25) is 10.0 Å². The average molecular weight is 542 g/mol. The monoisotopic (exact) mass is 541 g/mol. The van der Waals surface area contributed by atoms with Crippen molar-refractivity contribution in [2.24, 2.45) is 5.84 Å². The maximum Gasteiger partial charge on any atom is 0.283 e. The van der Waals surface area contributed by atoms with Crippen molar-refractivity contribution >= 4 is 44.9 Å². The molecule has 184 valence electrons. The summed E-state index contributed by atoms with van der Waals surface area (Å²) in [7, 11) is -3.92. The van der Waals surface area contributed by atoms with Crippen molar-refractivity contribution in [1.29, 1.82) is 5.26 Å². The molecular formula is C21H18Cl2FN5O5S. The maximum atomic E-state index is 15.3. The number of nitrogens with one attached hydrogen (secondary N) is 2. The lowest BCUT2D eigenvalue weighted by Crippen LogP contribution is -2.47. The smallest absolute Gasteiger partial charge is 0.283 e. The maximum absolute atomic E-state index is 15.3. The Morgan fingerprint density at radius 2 is 2.00 bits per heavy atom. The number of amides is 2. The molecule has 2 amide bonds. The third-order valence-corrected chi connectivity index (χ3v) is 6.60. The SMILES string of the molecule is CC1=C(C(=O)NN)NC(S(C)(=O)=O)N1C(=O)Cc1ccc(Cl)c(Oc2cc(Cl)cc(C#N)c2)c1F. The van der Waals surface area contributed by atoms with E-state index in [9.17, 15) is 18.0 Å². The van der Waals surface area contributed by atoms with Crippen molar-refractivity contribution in [3.63, 3.8) is 0 Å². The summed E-state index contributed by atoms with van der Waals surface area (Å²) in [5.74, 6) is 2.11. The summed E-state index contributed by atoms with van der Waals surface area (Å²) >= 11 is 12.0. The Morgan fingerprint density at radius 3 is 2.60 bits per heavy atom. The molecule has 0 saturated heterocycles. The molecule has 0 radical (unpaired) electrons. The largest absolute Gasteiger partial charge is 0.453 e. The van der Waals surface area contributed by atoms with E-state index >= 15 is 4.39 Å². The Balaban J connectivity index is 1.96. The van der Waals surface area contributed by atoms with Crippen LogP contribution in [-0.2, 0) is 25.8 Å². The van der Waals surface area contributed by atoms with Crippen molar-refractivity contribution in [3.8, 4) is 17.6 Å². The van der Waals surface area contributed by atoms with E-state index in [1.54, 1.807) is 0 Å².